The van der Waals surface area contributed by atoms with Crippen LogP contribution in [-0.2, 0) is 14.6 Å². The maximum Gasteiger partial charge on any atom is 0.258 e. The highest BCUT2D eigenvalue weighted by Gasteiger charge is 2.28. The highest BCUT2D eigenvalue weighted by atomic mass is 32.2. The Morgan fingerprint density at radius 1 is 1.40 bits per heavy atom. The van der Waals surface area contributed by atoms with Gasteiger partial charge in [0.15, 0.2) is 16.4 Å². The number of carbonyl (C=O) groups excluding carboxylic acids is 1. The van der Waals surface area contributed by atoms with Crippen LogP contribution in [0.25, 0.3) is 0 Å². The molecule has 110 valence electrons. The number of rotatable bonds is 5. The molecule has 6 nitrogen and oxygen atoms in total. The molecule has 1 aromatic rings. The summed E-state index contributed by atoms with van der Waals surface area (Å²) in [7, 11) is -1.44. The summed E-state index contributed by atoms with van der Waals surface area (Å²) in [6, 6.07) is 6.62. The number of methoxy groups -OCH3 is 1. The summed E-state index contributed by atoms with van der Waals surface area (Å²) >= 11 is 0. The predicted molar refractivity (Wildman–Crippen MR) is 73.7 cm³/mol. The number of sulfone groups is 1. The summed E-state index contributed by atoms with van der Waals surface area (Å²) in [6.07, 6.45) is 0.466. The first-order chi connectivity index (χ1) is 9.48. The fraction of sp³-hybridized carbons (Fsp3) is 0.462. The van der Waals surface area contributed by atoms with E-state index in [2.05, 4.69) is 5.32 Å². The summed E-state index contributed by atoms with van der Waals surface area (Å²) < 4.78 is 32.9. The standard InChI is InChI=1S/C13H17NO5S/c1-18-11-3-2-4-12(7-11)19-8-13(15)14-10-5-6-20(16,17)9-10/h2-4,7,10H,5-6,8-9H2,1H3,(H,14,15)/t10-/m1/s1. The minimum Gasteiger partial charge on any atom is -0.497 e. The van der Waals surface area contributed by atoms with Gasteiger partial charge < -0.3 is 14.8 Å². The Bertz CT molecular complexity index is 584. The van der Waals surface area contributed by atoms with E-state index in [1.807, 2.05) is 0 Å². The highest BCUT2D eigenvalue weighted by Crippen LogP contribution is 2.18. The van der Waals surface area contributed by atoms with E-state index < -0.39 is 9.84 Å². The van der Waals surface area contributed by atoms with E-state index in [1.165, 1.54) is 0 Å². The van der Waals surface area contributed by atoms with Crippen LogP contribution < -0.4 is 14.8 Å². The Morgan fingerprint density at radius 3 is 2.80 bits per heavy atom. The quantitative estimate of drug-likeness (QED) is 0.850. The zero-order valence-electron chi connectivity index (χ0n) is 11.2. The number of amides is 1. The zero-order chi connectivity index (χ0) is 14.6. The van der Waals surface area contributed by atoms with Crippen molar-refractivity contribution in [3.63, 3.8) is 0 Å². The highest BCUT2D eigenvalue weighted by molar-refractivity contribution is 7.91. The first-order valence-corrected chi connectivity index (χ1v) is 8.07. The van der Waals surface area contributed by atoms with Crippen LogP contribution in [0.3, 0.4) is 0 Å². The lowest BCUT2D eigenvalue weighted by Crippen LogP contribution is -2.38. The zero-order valence-corrected chi connectivity index (χ0v) is 12.0. The van der Waals surface area contributed by atoms with Crippen molar-refractivity contribution in [2.24, 2.45) is 0 Å². The van der Waals surface area contributed by atoms with Crippen molar-refractivity contribution in [2.75, 3.05) is 25.2 Å². The van der Waals surface area contributed by atoms with Gasteiger partial charge in [-0.15, -0.1) is 0 Å². The SMILES string of the molecule is COc1cccc(OCC(=O)N[C@@H]2CCS(=O)(=O)C2)c1. The van der Waals surface area contributed by atoms with Crippen LogP contribution in [-0.4, -0.2) is 45.6 Å². The Labute approximate surface area is 118 Å². The molecular formula is C13H17NO5S. The van der Waals surface area contributed by atoms with Crippen LogP contribution in [0, 0.1) is 0 Å². The number of hydrogen-bond acceptors (Lipinski definition) is 5. The first-order valence-electron chi connectivity index (χ1n) is 6.25. The maximum absolute atomic E-state index is 11.7. The molecule has 1 fully saturated rings. The van der Waals surface area contributed by atoms with Gasteiger partial charge in [-0.25, -0.2) is 8.42 Å². The molecule has 0 unspecified atom stereocenters. The van der Waals surface area contributed by atoms with Gasteiger partial charge in [0.25, 0.3) is 5.91 Å². The smallest absolute Gasteiger partial charge is 0.258 e. The molecule has 1 aliphatic heterocycles. The maximum atomic E-state index is 11.7. The second kappa shape index (κ2) is 6.13. The van der Waals surface area contributed by atoms with Crippen molar-refractivity contribution >= 4 is 15.7 Å². The van der Waals surface area contributed by atoms with Crippen LogP contribution in [0.4, 0.5) is 0 Å². The molecule has 1 heterocycles. The van der Waals surface area contributed by atoms with E-state index >= 15 is 0 Å². The van der Waals surface area contributed by atoms with Crippen LogP contribution in [0.15, 0.2) is 24.3 Å². The third kappa shape index (κ3) is 4.12. The van der Waals surface area contributed by atoms with Crippen LogP contribution in [0.1, 0.15) is 6.42 Å². The number of nitrogens with one attached hydrogen (secondary N) is 1. The van der Waals surface area contributed by atoms with Crippen molar-refractivity contribution < 1.29 is 22.7 Å². The third-order valence-corrected chi connectivity index (χ3v) is 4.78. The summed E-state index contributed by atoms with van der Waals surface area (Å²) in [5, 5.41) is 2.66. The fourth-order valence-electron chi connectivity index (χ4n) is 2.02. The minimum atomic E-state index is -2.99. The summed E-state index contributed by atoms with van der Waals surface area (Å²) in [5.74, 6) is 0.991. The first kappa shape index (κ1) is 14.6. The molecule has 7 heteroatoms. The molecule has 0 radical (unpaired) electrons. The lowest BCUT2D eigenvalue weighted by molar-refractivity contribution is -0.123. The molecule has 1 N–H and O–H groups in total. The van der Waals surface area contributed by atoms with Crippen molar-refractivity contribution in [2.45, 2.75) is 12.5 Å². The average molecular weight is 299 g/mol. The monoisotopic (exact) mass is 299 g/mol. The molecule has 2 rings (SSSR count). The third-order valence-electron chi connectivity index (χ3n) is 3.01. The number of hydrogen-bond donors (Lipinski definition) is 1. The molecule has 0 aromatic heterocycles. The molecular weight excluding hydrogens is 282 g/mol. The molecule has 0 saturated carbocycles. The van der Waals surface area contributed by atoms with Crippen molar-refractivity contribution in [3.05, 3.63) is 24.3 Å². The molecule has 0 spiro atoms. The Balaban J connectivity index is 1.80. The molecule has 0 bridgehead atoms. The van der Waals surface area contributed by atoms with E-state index in [4.69, 9.17) is 9.47 Å². The van der Waals surface area contributed by atoms with Gasteiger partial charge in [0.2, 0.25) is 0 Å². The van der Waals surface area contributed by atoms with Crippen LogP contribution >= 0.6 is 0 Å². The van der Waals surface area contributed by atoms with Crippen LogP contribution in [0.5, 0.6) is 11.5 Å². The van der Waals surface area contributed by atoms with Gasteiger partial charge in [0.1, 0.15) is 11.5 Å². The molecule has 1 amide bonds. The van der Waals surface area contributed by atoms with Crippen molar-refractivity contribution in [1.82, 2.24) is 5.32 Å². The predicted octanol–water partition coefficient (Wildman–Crippen LogP) is 0.377. The molecule has 1 aromatic carbocycles. The molecule has 1 aliphatic rings. The van der Waals surface area contributed by atoms with Gasteiger partial charge in [-0.2, -0.15) is 0 Å². The Kier molecular flexibility index (Phi) is 4.49. The van der Waals surface area contributed by atoms with E-state index in [1.54, 1.807) is 31.4 Å². The number of ether oxygens (including phenoxy) is 2. The van der Waals surface area contributed by atoms with E-state index in [0.717, 1.165) is 0 Å². The van der Waals surface area contributed by atoms with Gasteiger partial charge in [-0.05, 0) is 18.6 Å². The average Bonchev–Trinajstić information content (AvgIpc) is 2.76. The van der Waals surface area contributed by atoms with Gasteiger partial charge in [-0.1, -0.05) is 6.07 Å². The lowest BCUT2D eigenvalue weighted by atomic mass is 10.2. The van der Waals surface area contributed by atoms with Gasteiger partial charge in [0, 0.05) is 12.1 Å². The molecule has 1 saturated heterocycles. The summed E-state index contributed by atoms with van der Waals surface area (Å²) in [4.78, 5) is 11.7. The minimum absolute atomic E-state index is 0.0118. The molecule has 20 heavy (non-hydrogen) atoms. The second-order valence-electron chi connectivity index (χ2n) is 4.64. The fourth-order valence-corrected chi connectivity index (χ4v) is 3.69. The second-order valence-corrected chi connectivity index (χ2v) is 6.86. The van der Waals surface area contributed by atoms with Crippen LogP contribution in [0.2, 0.25) is 0 Å². The molecule has 1 atom stereocenters. The summed E-state index contributed by atoms with van der Waals surface area (Å²) in [6.45, 7) is -0.149. The Hall–Kier alpha value is -1.76. The summed E-state index contributed by atoms with van der Waals surface area (Å²) in [5.41, 5.74) is 0. The van der Waals surface area contributed by atoms with Crippen molar-refractivity contribution in [1.29, 1.82) is 0 Å². The topological polar surface area (TPSA) is 81.7 Å². The largest absolute Gasteiger partial charge is 0.497 e. The number of carbonyl (C=O) groups is 1. The van der Waals surface area contributed by atoms with E-state index in [-0.39, 0.29) is 30.1 Å². The van der Waals surface area contributed by atoms with E-state index in [9.17, 15) is 13.2 Å². The van der Waals surface area contributed by atoms with Gasteiger partial charge in [0.05, 0.1) is 18.6 Å². The normalized spacial score (nSPS) is 20.4. The number of benzene rings is 1. The van der Waals surface area contributed by atoms with E-state index in [0.29, 0.717) is 17.9 Å². The Morgan fingerprint density at radius 2 is 2.15 bits per heavy atom. The molecule has 0 aliphatic carbocycles. The van der Waals surface area contributed by atoms with Crippen molar-refractivity contribution in [3.8, 4) is 11.5 Å². The van der Waals surface area contributed by atoms with Gasteiger partial charge in [-0.3, -0.25) is 4.79 Å². The van der Waals surface area contributed by atoms with Gasteiger partial charge >= 0.3 is 0 Å². The lowest BCUT2D eigenvalue weighted by Gasteiger charge is -2.12.